The second-order valence-electron chi connectivity index (χ2n) is 7.37. The zero-order valence-electron chi connectivity index (χ0n) is 17.7. The van der Waals surface area contributed by atoms with Gasteiger partial charge in [0.25, 0.3) is 5.91 Å². The van der Waals surface area contributed by atoms with Crippen molar-refractivity contribution in [3.63, 3.8) is 0 Å². The van der Waals surface area contributed by atoms with Crippen LogP contribution in [0.25, 0.3) is 16.8 Å². The summed E-state index contributed by atoms with van der Waals surface area (Å²) in [6.07, 6.45) is 1.56. The van der Waals surface area contributed by atoms with E-state index >= 15 is 0 Å². The maximum absolute atomic E-state index is 12.6. The van der Waals surface area contributed by atoms with Crippen LogP contribution in [0, 0.1) is 14.9 Å². The molecule has 0 bridgehead atoms. The molecule has 0 saturated heterocycles. The first-order valence-electron chi connectivity index (χ1n) is 10.2. The zero-order valence-corrected chi connectivity index (χ0v) is 23.0. The first-order valence-corrected chi connectivity index (χ1v) is 12.9. The predicted octanol–water partition coefficient (Wildman–Crippen LogP) is 8.09. The van der Waals surface area contributed by atoms with Crippen LogP contribution in [0.3, 0.4) is 0 Å². The van der Waals surface area contributed by atoms with Gasteiger partial charge in [-0.2, -0.15) is 5.26 Å². The van der Waals surface area contributed by atoms with E-state index in [-0.39, 0.29) is 5.57 Å². The summed E-state index contributed by atoms with van der Waals surface area (Å²) in [7, 11) is 0. The highest BCUT2D eigenvalue weighted by Gasteiger charge is 2.13. The number of nitrogens with zero attached hydrogens (tertiary/aromatic N) is 1. The molecule has 0 unspecified atom stereocenters. The van der Waals surface area contributed by atoms with Crippen molar-refractivity contribution >= 4 is 82.9 Å². The lowest BCUT2D eigenvalue weighted by molar-refractivity contribution is -0.112. The van der Waals surface area contributed by atoms with Crippen LogP contribution in [0.5, 0.6) is 5.75 Å². The Morgan fingerprint density at radius 3 is 2.56 bits per heavy atom. The lowest BCUT2D eigenvalue weighted by atomic mass is 10.1. The SMILES string of the molecule is N#C/C(=C/c1cc(Br)c(OCc2cccc3ccccc23)c(I)c1)C(=O)Nc1cccc(Br)c1. The first-order chi connectivity index (χ1) is 16.4. The molecule has 0 saturated carbocycles. The van der Waals surface area contributed by atoms with Crippen LogP contribution in [0.4, 0.5) is 5.69 Å². The van der Waals surface area contributed by atoms with E-state index in [1.807, 2.05) is 48.5 Å². The summed E-state index contributed by atoms with van der Waals surface area (Å²) in [5.74, 6) is 0.241. The third-order valence-electron chi connectivity index (χ3n) is 5.03. The van der Waals surface area contributed by atoms with E-state index in [0.717, 1.165) is 29.0 Å². The number of benzene rings is 4. The topological polar surface area (TPSA) is 62.1 Å². The maximum atomic E-state index is 12.6. The molecule has 7 heteroatoms. The summed E-state index contributed by atoms with van der Waals surface area (Å²) in [5, 5.41) is 14.6. The molecule has 4 aromatic rings. The Balaban J connectivity index is 1.53. The molecule has 4 rings (SSSR count). The second-order valence-corrected chi connectivity index (χ2v) is 10.3. The number of hydrogen-bond acceptors (Lipinski definition) is 3. The summed E-state index contributed by atoms with van der Waals surface area (Å²) in [6.45, 7) is 0.420. The molecule has 0 aromatic heterocycles. The van der Waals surface area contributed by atoms with Gasteiger partial charge in [0, 0.05) is 10.2 Å². The van der Waals surface area contributed by atoms with Crippen LogP contribution in [0.1, 0.15) is 11.1 Å². The molecule has 34 heavy (non-hydrogen) atoms. The molecule has 0 spiro atoms. The summed E-state index contributed by atoms with van der Waals surface area (Å²) in [6, 6.07) is 27.3. The Morgan fingerprint density at radius 2 is 1.79 bits per heavy atom. The van der Waals surface area contributed by atoms with Crippen molar-refractivity contribution in [3.8, 4) is 11.8 Å². The fourth-order valence-corrected chi connectivity index (χ4v) is 5.62. The lowest BCUT2D eigenvalue weighted by Gasteiger charge is -2.13. The number of ether oxygens (including phenoxy) is 1. The molecule has 0 radical (unpaired) electrons. The van der Waals surface area contributed by atoms with Crippen molar-refractivity contribution in [2.75, 3.05) is 5.32 Å². The highest BCUT2D eigenvalue weighted by molar-refractivity contribution is 14.1. The van der Waals surface area contributed by atoms with Gasteiger partial charge in [-0.05, 0) is 96.8 Å². The van der Waals surface area contributed by atoms with Gasteiger partial charge in [0.1, 0.15) is 24.0 Å². The summed E-state index contributed by atoms with van der Waals surface area (Å²) < 4.78 is 8.61. The van der Waals surface area contributed by atoms with E-state index in [1.165, 1.54) is 5.39 Å². The Kier molecular flexibility index (Phi) is 8.03. The van der Waals surface area contributed by atoms with Gasteiger partial charge < -0.3 is 10.1 Å². The van der Waals surface area contributed by atoms with Crippen molar-refractivity contribution in [2.45, 2.75) is 6.61 Å². The van der Waals surface area contributed by atoms with Gasteiger partial charge in [-0.3, -0.25) is 4.79 Å². The van der Waals surface area contributed by atoms with Gasteiger partial charge in [-0.25, -0.2) is 0 Å². The Hall–Kier alpha value is -2.67. The Morgan fingerprint density at radius 1 is 1.03 bits per heavy atom. The van der Waals surface area contributed by atoms with Gasteiger partial charge in [-0.1, -0.05) is 64.5 Å². The molecule has 0 aliphatic carbocycles. The number of nitriles is 1. The second kappa shape index (κ2) is 11.2. The zero-order chi connectivity index (χ0) is 24.1. The van der Waals surface area contributed by atoms with Crippen LogP contribution in [0.15, 0.2) is 93.4 Å². The average Bonchev–Trinajstić information content (AvgIpc) is 2.82. The standard InChI is InChI=1S/C27H17Br2IN2O2/c28-21-8-4-9-22(14-21)32-27(33)20(15-31)11-17-12-24(29)26(25(30)13-17)34-16-19-7-3-6-18-5-1-2-10-23(18)19/h1-14H,16H2,(H,32,33)/b20-11-. The fourth-order valence-electron chi connectivity index (χ4n) is 3.45. The maximum Gasteiger partial charge on any atom is 0.266 e. The largest absolute Gasteiger partial charge is 0.487 e. The predicted molar refractivity (Wildman–Crippen MR) is 152 cm³/mol. The number of anilines is 1. The normalized spacial score (nSPS) is 11.2. The molecule has 168 valence electrons. The van der Waals surface area contributed by atoms with Gasteiger partial charge in [0.15, 0.2) is 0 Å². The first kappa shape index (κ1) is 24.5. The number of carbonyl (C=O) groups excluding carboxylic acids is 1. The molecule has 0 atom stereocenters. The third-order valence-corrected chi connectivity index (χ3v) is 6.91. The quantitative estimate of drug-likeness (QED) is 0.127. The van der Waals surface area contributed by atoms with E-state index in [1.54, 1.807) is 18.2 Å². The molecule has 4 aromatic carbocycles. The lowest BCUT2D eigenvalue weighted by Crippen LogP contribution is -2.13. The molecule has 1 N–H and O–H groups in total. The van der Waals surface area contributed by atoms with Crippen LogP contribution in [0.2, 0.25) is 0 Å². The van der Waals surface area contributed by atoms with E-state index in [0.29, 0.717) is 18.0 Å². The van der Waals surface area contributed by atoms with Gasteiger partial charge in [0.2, 0.25) is 0 Å². The van der Waals surface area contributed by atoms with E-state index in [9.17, 15) is 10.1 Å². The number of halogens is 3. The number of fused-ring (bicyclic) bond motifs is 1. The van der Waals surface area contributed by atoms with Gasteiger partial charge >= 0.3 is 0 Å². The molecule has 0 heterocycles. The van der Waals surface area contributed by atoms with E-state index in [2.05, 4.69) is 84.0 Å². The van der Waals surface area contributed by atoms with Crippen molar-refractivity contribution in [1.29, 1.82) is 5.26 Å². The van der Waals surface area contributed by atoms with Crippen LogP contribution in [-0.2, 0) is 11.4 Å². The number of amides is 1. The summed E-state index contributed by atoms with van der Waals surface area (Å²) in [5.41, 5.74) is 2.43. The number of nitrogens with one attached hydrogen (secondary N) is 1. The molecule has 0 aliphatic heterocycles. The van der Waals surface area contributed by atoms with Crippen LogP contribution < -0.4 is 10.1 Å². The Labute approximate surface area is 228 Å². The molecular formula is C27H17Br2IN2O2. The monoisotopic (exact) mass is 686 g/mol. The number of rotatable bonds is 6. The minimum absolute atomic E-state index is 0.00657. The molecule has 1 amide bonds. The van der Waals surface area contributed by atoms with Gasteiger partial charge in [0.05, 0.1) is 8.04 Å². The van der Waals surface area contributed by atoms with Crippen LogP contribution >= 0.6 is 54.5 Å². The van der Waals surface area contributed by atoms with E-state index in [4.69, 9.17) is 4.74 Å². The van der Waals surface area contributed by atoms with E-state index < -0.39 is 5.91 Å². The van der Waals surface area contributed by atoms with Crippen molar-refractivity contribution in [2.24, 2.45) is 0 Å². The van der Waals surface area contributed by atoms with Crippen LogP contribution in [-0.4, -0.2) is 5.91 Å². The number of hydrogen-bond donors (Lipinski definition) is 1. The molecular weight excluding hydrogens is 671 g/mol. The molecule has 0 fully saturated rings. The number of carbonyl (C=O) groups is 1. The van der Waals surface area contributed by atoms with Gasteiger partial charge in [-0.15, -0.1) is 0 Å². The van der Waals surface area contributed by atoms with Crippen molar-refractivity contribution in [3.05, 3.63) is 108 Å². The van der Waals surface area contributed by atoms with Crippen molar-refractivity contribution in [1.82, 2.24) is 0 Å². The summed E-state index contributed by atoms with van der Waals surface area (Å²) >= 11 is 9.16. The highest BCUT2D eigenvalue weighted by atomic mass is 127. The molecule has 4 nitrogen and oxygen atoms in total. The summed E-state index contributed by atoms with van der Waals surface area (Å²) in [4.78, 5) is 12.6. The minimum atomic E-state index is -0.469. The fraction of sp³-hybridized carbons (Fsp3) is 0.0370. The third kappa shape index (κ3) is 5.87. The van der Waals surface area contributed by atoms with Crippen molar-refractivity contribution < 1.29 is 9.53 Å². The Bertz CT molecular complexity index is 1430. The smallest absolute Gasteiger partial charge is 0.266 e. The average molecular weight is 688 g/mol. The molecule has 0 aliphatic rings. The highest BCUT2D eigenvalue weighted by Crippen LogP contribution is 2.34. The minimum Gasteiger partial charge on any atom is -0.487 e.